The zero-order chi connectivity index (χ0) is 19.4. The second kappa shape index (κ2) is 6.82. The highest BCUT2D eigenvalue weighted by atomic mass is 79.9. The van der Waals surface area contributed by atoms with Crippen LogP contribution >= 0.6 is 15.9 Å². The van der Waals surface area contributed by atoms with E-state index >= 15 is 0 Å². The average molecular weight is 446 g/mol. The Bertz CT molecular complexity index is 761. The molecule has 2 amide bonds. The molecule has 4 saturated carbocycles. The van der Waals surface area contributed by atoms with Gasteiger partial charge in [0.25, 0.3) is 5.91 Å². The van der Waals surface area contributed by atoms with Gasteiger partial charge in [-0.3, -0.25) is 14.6 Å². The maximum atomic E-state index is 13.1. The highest BCUT2D eigenvalue weighted by molar-refractivity contribution is 9.10. The fourth-order valence-corrected chi connectivity index (χ4v) is 8.32. The number of aromatic nitrogens is 1. The van der Waals surface area contributed by atoms with E-state index in [1.807, 2.05) is 9.80 Å². The van der Waals surface area contributed by atoms with Gasteiger partial charge in [-0.15, -0.1) is 0 Å². The van der Waals surface area contributed by atoms with E-state index in [9.17, 15) is 9.59 Å². The Hall–Kier alpha value is -1.43. The van der Waals surface area contributed by atoms with Crippen molar-refractivity contribution in [1.29, 1.82) is 0 Å². The molecule has 0 radical (unpaired) electrons. The van der Waals surface area contributed by atoms with Gasteiger partial charge in [0, 0.05) is 49.3 Å². The molecule has 1 aromatic heterocycles. The Morgan fingerprint density at radius 2 is 1.75 bits per heavy atom. The lowest BCUT2D eigenvalue weighted by atomic mass is 9.48. The first kappa shape index (κ1) is 18.6. The molecular weight excluding hydrogens is 418 g/mol. The maximum absolute atomic E-state index is 13.1. The fourth-order valence-electron chi connectivity index (χ4n) is 6.81. The molecule has 0 spiro atoms. The minimum Gasteiger partial charge on any atom is -0.339 e. The number of carbonyl (C=O) groups is 2. The van der Waals surface area contributed by atoms with Gasteiger partial charge in [-0.2, -0.15) is 0 Å². The van der Waals surface area contributed by atoms with Crippen molar-refractivity contribution < 1.29 is 9.59 Å². The number of pyridine rings is 1. The molecule has 5 nitrogen and oxygen atoms in total. The number of carbonyl (C=O) groups excluding carboxylic acids is 2. The van der Waals surface area contributed by atoms with E-state index in [1.165, 1.54) is 32.1 Å². The van der Waals surface area contributed by atoms with Crippen molar-refractivity contribution >= 4 is 27.7 Å². The lowest BCUT2D eigenvalue weighted by molar-refractivity contribution is -0.139. The van der Waals surface area contributed by atoms with E-state index in [-0.39, 0.29) is 11.3 Å². The summed E-state index contributed by atoms with van der Waals surface area (Å²) in [6, 6.07) is 3.59. The van der Waals surface area contributed by atoms with Crippen molar-refractivity contribution in [1.82, 2.24) is 14.8 Å². The molecular formula is C22H28BrN3O2. The minimum atomic E-state index is 0.0162. The van der Waals surface area contributed by atoms with Gasteiger partial charge in [0.15, 0.2) is 0 Å². The SMILES string of the molecule is O=C(CC12CC3CC(CC(Br)(C3)C1)C2)N1CCN(C(=O)c2cccnc2)CC1. The third kappa shape index (κ3) is 3.38. The van der Waals surface area contributed by atoms with Gasteiger partial charge in [-0.1, -0.05) is 15.9 Å². The standard InChI is InChI=1S/C22H28BrN3O2/c23-22-11-16-8-17(12-22)10-21(9-16,15-22)13-19(27)25-4-6-26(7-5-25)20(28)18-2-1-3-24-14-18/h1-3,14,16-17H,4-13,15H2. The predicted molar refractivity (Wildman–Crippen MR) is 110 cm³/mol. The zero-order valence-electron chi connectivity index (χ0n) is 16.3. The third-order valence-corrected chi connectivity index (χ3v) is 8.39. The largest absolute Gasteiger partial charge is 0.339 e. The minimum absolute atomic E-state index is 0.0162. The predicted octanol–water partition coefficient (Wildman–Crippen LogP) is 3.49. The highest BCUT2D eigenvalue weighted by Gasteiger charge is 2.57. The van der Waals surface area contributed by atoms with Gasteiger partial charge < -0.3 is 9.80 Å². The van der Waals surface area contributed by atoms with Crippen LogP contribution in [-0.2, 0) is 4.79 Å². The van der Waals surface area contributed by atoms with Crippen LogP contribution in [0.15, 0.2) is 24.5 Å². The molecule has 5 fully saturated rings. The maximum Gasteiger partial charge on any atom is 0.255 e. The summed E-state index contributed by atoms with van der Waals surface area (Å²) >= 11 is 4.05. The van der Waals surface area contributed by atoms with Gasteiger partial charge in [-0.25, -0.2) is 0 Å². The van der Waals surface area contributed by atoms with Crippen molar-refractivity contribution in [3.63, 3.8) is 0 Å². The van der Waals surface area contributed by atoms with Gasteiger partial charge in [0.2, 0.25) is 5.91 Å². The van der Waals surface area contributed by atoms with E-state index in [4.69, 9.17) is 0 Å². The summed E-state index contributed by atoms with van der Waals surface area (Å²) in [4.78, 5) is 33.6. The van der Waals surface area contributed by atoms with Gasteiger partial charge in [0.05, 0.1) is 5.56 Å². The molecule has 0 N–H and O–H groups in total. The summed E-state index contributed by atoms with van der Waals surface area (Å²) in [6.07, 6.45) is 11.6. The number of amides is 2. The Labute approximate surface area is 175 Å². The second-order valence-electron chi connectivity index (χ2n) is 9.70. The Kier molecular flexibility index (Phi) is 4.53. The van der Waals surface area contributed by atoms with Crippen LogP contribution in [0.1, 0.15) is 55.3 Å². The van der Waals surface area contributed by atoms with Gasteiger partial charge in [-0.05, 0) is 67.9 Å². The molecule has 150 valence electrons. The summed E-state index contributed by atoms with van der Waals surface area (Å²) in [7, 11) is 0. The van der Waals surface area contributed by atoms with Gasteiger partial charge in [0.1, 0.15) is 0 Å². The number of nitrogens with zero attached hydrogens (tertiary/aromatic N) is 3. The van der Waals surface area contributed by atoms with E-state index in [1.54, 1.807) is 24.5 Å². The van der Waals surface area contributed by atoms with Crippen molar-refractivity contribution in [3.05, 3.63) is 30.1 Å². The molecule has 5 aliphatic rings. The van der Waals surface area contributed by atoms with E-state index < -0.39 is 0 Å². The van der Waals surface area contributed by atoms with Crippen LogP contribution in [0.25, 0.3) is 0 Å². The first-order valence-electron chi connectivity index (χ1n) is 10.6. The van der Waals surface area contributed by atoms with Crippen LogP contribution in [0.5, 0.6) is 0 Å². The van der Waals surface area contributed by atoms with E-state index in [0.29, 0.717) is 48.4 Å². The summed E-state index contributed by atoms with van der Waals surface area (Å²) in [6.45, 7) is 2.51. The van der Waals surface area contributed by atoms with E-state index in [0.717, 1.165) is 18.3 Å². The second-order valence-corrected chi connectivity index (χ2v) is 11.4. The number of rotatable bonds is 3. The molecule has 1 aromatic rings. The van der Waals surface area contributed by atoms with Crippen LogP contribution < -0.4 is 0 Å². The molecule has 0 aromatic carbocycles. The Balaban J connectivity index is 1.19. The topological polar surface area (TPSA) is 53.5 Å². The molecule has 2 atom stereocenters. The summed E-state index contributed by atoms with van der Waals surface area (Å²) in [5.74, 6) is 1.93. The average Bonchev–Trinajstić information content (AvgIpc) is 2.66. The quantitative estimate of drug-likeness (QED) is 0.668. The normalized spacial score (nSPS) is 36.6. The first-order valence-corrected chi connectivity index (χ1v) is 11.4. The lowest BCUT2D eigenvalue weighted by Gasteiger charge is -2.60. The number of hydrogen-bond donors (Lipinski definition) is 0. The third-order valence-electron chi connectivity index (χ3n) is 7.47. The molecule has 1 aliphatic heterocycles. The van der Waals surface area contributed by atoms with Crippen LogP contribution in [0.4, 0.5) is 0 Å². The summed E-state index contributed by atoms with van der Waals surface area (Å²) in [5, 5.41) is 0. The molecule has 2 unspecified atom stereocenters. The molecule has 6 rings (SSSR count). The Morgan fingerprint density at radius 3 is 2.36 bits per heavy atom. The number of alkyl halides is 1. The van der Waals surface area contributed by atoms with Crippen LogP contribution in [0.3, 0.4) is 0 Å². The number of halogens is 1. The molecule has 1 saturated heterocycles. The fraction of sp³-hybridized carbons (Fsp3) is 0.682. The Morgan fingerprint density at radius 1 is 1.07 bits per heavy atom. The monoisotopic (exact) mass is 445 g/mol. The summed E-state index contributed by atoms with van der Waals surface area (Å²) in [5.41, 5.74) is 0.839. The van der Waals surface area contributed by atoms with Crippen molar-refractivity contribution in [2.75, 3.05) is 26.2 Å². The highest BCUT2D eigenvalue weighted by Crippen LogP contribution is 2.65. The van der Waals surface area contributed by atoms with E-state index in [2.05, 4.69) is 20.9 Å². The zero-order valence-corrected chi connectivity index (χ0v) is 17.9. The van der Waals surface area contributed by atoms with Crippen LogP contribution in [0, 0.1) is 17.3 Å². The van der Waals surface area contributed by atoms with Crippen LogP contribution in [0.2, 0.25) is 0 Å². The molecule has 28 heavy (non-hydrogen) atoms. The molecule has 2 heterocycles. The first-order chi connectivity index (χ1) is 13.4. The van der Waals surface area contributed by atoms with Crippen molar-refractivity contribution in [2.45, 2.75) is 49.3 Å². The summed E-state index contributed by atoms with van der Waals surface area (Å²) < 4.78 is 0.298. The van der Waals surface area contributed by atoms with Crippen molar-refractivity contribution in [2.24, 2.45) is 17.3 Å². The van der Waals surface area contributed by atoms with Crippen molar-refractivity contribution in [3.8, 4) is 0 Å². The molecule has 4 bridgehead atoms. The molecule has 4 aliphatic carbocycles. The lowest BCUT2D eigenvalue weighted by Crippen LogP contribution is -2.55. The van der Waals surface area contributed by atoms with Gasteiger partial charge >= 0.3 is 0 Å². The number of hydrogen-bond acceptors (Lipinski definition) is 3. The molecule has 6 heteroatoms. The smallest absolute Gasteiger partial charge is 0.255 e. The number of piperazine rings is 1. The van der Waals surface area contributed by atoms with Crippen LogP contribution in [-0.4, -0.2) is 57.1 Å².